The number of benzene rings is 1. The van der Waals surface area contributed by atoms with E-state index in [4.69, 9.17) is 23.9 Å². The molecule has 2 bridgehead atoms. The third-order valence-corrected chi connectivity index (χ3v) is 7.79. The molecule has 4 heterocycles. The smallest absolute Gasteiger partial charge is 0.261 e. The Bertz CT molecular complexity index is 1380. The molecule has 0 radical (unpaired) electrons. The maximum atomic E-state index is 13.7. The van der Waals surface area contributed by atoms with Crippen LogP contribution in [0, 0.1) is 0 Å². The Morgan fingerprint density at radius 1 is 1.18 bits per heavy atom. The van der Waals surface area contributed by atoms with Crippen molar-refractivity contribution in [3.05, 3.63) is 47.9 Å². The number of ether oxygens (including phenoxy) is 4. The zero-order chi connectivity index (χ0) is 26.8. The predicted octanol–water partition coefficient (Wildman–Crippen LogP) is 3.22. The molecule has 2 N–H and O–H groups in total. The van der Waals surface area contributed by atoms with E-state index < -0.39 is 11.8 Å². The molecule has 0 aliphatic carbocycles. The summed E-state index contributed by atoms with van der Waals surface area (Å²) in [7, 11) is 4.49. The van der Waals surface area contributed by atoms with Crippen LogP contribution in [0.5, 0.6) is 11.6 Å². The number of hydrogen-bond donors (Lipinski definition) is 2. The van der Waals surface area contributed by atoms with Crippen LogP contribution in [-0.2, 0) is 9.47 Å². The van der Waals surface area contributed by atoms with E-state index in [1.807, 2.05) is 6.07 Å². The highest BCUT2D eigenvalue weighted by Crippen LogP contribution is 2.42. The normalized spacial score (nSPS) is 17.9. The first-order valence-electron chi connectivity index (χ1n) is 12.1. The molecule has 2 atom stereocenters. The van der Waals surface area contributed by atoms with Gasteiger partial charge in [0.15, 0.2) is 5.13 Å². The summed E-state index contributed by atoms with van der Waals surface area (Å²) in [6.45, 7) is 5.42. The van der Waals surface area contributed by atoms with Crippen LogP contribution in [0.3, 0.4) is 0 Å². The lowest BCUT2D eigenvalue weighted by atomic mass is 9.92. The van der Waals surface area contributed by atoms with Gasteiger partial charge in [-0.3, -0.25) is 9.59 Å². The zero-order valence-electron chi connectivity index (χ0n) is 21.4. The van der Waals surface area contributed by atoms with Crippen LogP contribution in [0.15, 0.2) is 36.7 Å². The van der Waals surface area contributed by atoms with Gasteiger partial charge in [-0.05, 0) is 18.6 Å². The van der Waals surface area contributed by atoms with Crippen molar-refractivity contribution >= 4 is 44.2 Å². The van der Waals surface area contributed by atoms with Gasteiger partial charge in [-0.2, -0.15) is 0 Å². The van der Waals surface area contributed by atoms with Gasteiger partial charge in [-0.15, -0.1) is 0 Å². The summed E-state index contributed by atoms with van der Waals surface area (Å²) < 4.78 is 22.1. The molecule has 2 unspecified atom stereocenters. The molecule has 2 amide bonds. The molecule has 2 fully saturated rings. The maximum absolute atomic E-state index is 13.7. The highest BCUT2D eigenvalue weighted by atomic mass is 32.1. The van der Waals surface area contributed by atoms with Gasteiger partial charge in [-0.25, -0.2) is 9.97 Å². The number of nitrogens with zero attached hydrogens (tertiary/aromatic N) is 3. The zero-order valence-corrected chi connectivity index (χ0v) is 22.2. The molecule has 38 heavy (non-hydrogen) atoms. The summed E-state index contributed by atoms with van der Waals surface area (Å²) in [6.07, 6.45) is 2.93. The Labute approximate surface area is 223 Å². The van der Waals surface area contributed by atoms with Gasteiger partial charge in [0.05, 0.1) is 80.1 Å². The van der Waals surface area contributed by atoms with Gasteiger partial charge in [0.2, 0.25) is 5.88 Å². The SMILES string of the molecule is C=C(CCNC(=O)c1cc(OC)ncc1NC(=O)c1c(OC)ccc2nc(N3C4COCC3C4)sc12)OC. The molecular weight excluding hydrogens is 510 g/mol. The van der Waals surface area contributed by atoms with Crippen molar-refractivity contribution in [1.29, 1.82) is 0 Å². The van der Waals surface area contributed by atoms with Crippen molar-refractivity contribution in [3.8, 4) is 11.6 Å². The van der Waals surface area contributed by atoms with E-state index in [0.717, 1.165) is 11.6 Å². The number of carbonyl (C=O) groups is 2. The van der Waals surface area contributed by atoms with Crippen molar-refractivity contribution in [2.75, 3.05) is 51.3 Å². The molecule has 12 heteroatoms. The Hall–Kier alpha value is -3.90. The molecule has 1 aromatic carbocycles. The molecule has 3 aromatic rings. The molecule has 0 spiro atoms. The standard InChI is InChI=1S/C26H29N5O6S/c1-14(34-2)7-8-27-24(32)17-10-21(36-4)28-11-19(17)29-25(33)22-20(35-3)6-5-18-23(22)38-26(30-18)31-15-9-16(31)13-37-12-15/h5-6,10-11,15-16H,1,7-9,12-13H2,2-4H3,(H,27,32)(H,29,33). The summed E-state index contributed by atoms with van der Waals surface area (Å²) in [5, 5.41) is 6.51. The summed E-state index contributed by atoms with van der Waals surface area (Å²) in [5.41, 5.74) is 1.48. The Morgan fingerprint density at radius 3 is 2.66 bits per heavy atom. The number of hydrogen-bond acceptors (Lipinski definition) is 10. The number of methoxy groups -OCH3 is 3. The summed E-state index contributed by atoms with van der Waals surface area (Å²) in [6, 6.07) is 5.66. The maximum Gasteiger partial charge on any atom is 0.261 e. The number of morpholine rings is 1. The second kappa shape index (κ2) is 10.8. The summed E-state index contributed by atoms with van der Waals surface area (Å²) >= 11 is 1.45. The second-order valence-corrected chi connectivity index (χ2v) is 9.93. The first-order valence-corrected chi connectivity index (χ1v) is 12.9. The van der Waals surface area contributed by atoms with E-state index in [9.17, 15) is 9.59 Å². The fourth-order valence-electron chi connectivity index (χ4n) is 4.64. The minimum Gasteiger partial charge on any atom is -0.502 e. The number of pyridine rings is 1. The quantitative estimate of drug-likeness (QED) is 0.374. The average Bonchev–Trinajstić information content (AvgIpc) is 3.35. The average molecular weight is 540 g/mol. The van der Waals surface area contributed by atoms with Crippen LogP contribution in [0.2, 0.25) is 0 Å². The summed E-state index contributed by atoms with van der Waals surface area (Å²) in [4.78, 5) is 37.9. The van der Waals surface area contributed by atoms with Gasteiger partial charge in [0, 0.05) is 19.0 Å². The molecule has 11 nitrogen and oxygen atoms in total. The van der Waals surface area contributed by atoms with Crippen LogP contribution >= 0.6 is 11.3 Å². The van der Waals surface area contributed by atoms with Crippen molar-refractivity contribution in [2.45, 2.75) is 24.9 Å². The Morgan fingerprint density at radius 2 is 1.97 bits per heavy atom. The van der Waals surface area contributed by atoms with Gasteiger partial charge in [0.1, 0.15) is 11.3 Å². The number of carbonyl (C=O) groups excluding carboxylic acids is 2. The Kier molecular flexibility index (Phi) is 7.34. The minimum atomic E-state index is -0.441. The topological polar surface area (TPSA) is 124 Å². The first kappa shape index (κ1) is 25.7. The monoisotopic (exact) mass is 539 g/mol. The molecule has 5 rings (SSSR count). The van der Waals surface area contributed by atoms with E-state index in [1.54, 1.807) is 6.07 Å². The molecule has 2 aliphatic rings. The molecule has 0 saturated carbocycles. The molecule has 2 aromatic heterocycles. The van der Waals surface area contributed by atoms with E-state index in [1.165, 1.54) is 44.9 Å². The highest BCUT2D eigenvalue weighted by molar-refractivity contribution is 7.22. The van der Waals surface area contributed by atoms with E-state index in [0.29, 0.717) is 65.6 Å². The fourth-order valence-corrected chi connectivity index (χ4v) is 5.88. The molecule has 2 aliphatic heterocycles. The van der Waals surface area contributed by atoms with Crippen LogP contribution in [0.25, 0.3) is 10.2 Å². The number of nitrogens with one attached hydrogen (secondary N) is 2. The van der Waals surface area contributed by atoms with Crippen LogP contribution in [0.4, 0.5) is 10.8 Å². The second-order valence-electron chi connectivity index (χ2n) is 8.95. The number of amides is 2. The highest BCUT2D eigenvalue weighted by Gasteiger charge is 2.44. The molecule has 2 saturated heterocycles. The molecule has 200 valence electrons. The lowest BCUT2D eigenvalue weighted by molar-refractivity contribution is 0.0103. The van der Waals surface area contributed by atoms with Crippen molar-refractivity contribution in [2.24, 2.45) is 0 Å². The minimum absolute atomic E-state index is 0.206. The van der Waals surface area contributed by atoms with E-state index in [2.05, 4.69) is 27.1 Å². The largest absolute Gasteiger partial charge is 0.502 e. The van der Waals surface area contributed by atoms with Gasteiger partial charge < -0.3 is 34.5 Å². The van der Waals surface area contributed by atoms with Gasteiger partial charge in [-0.1, -0.05) is 17.9 Å². The Balaban J connectivity index is 1.44. The first-order chi connectivity index (χ1) is 18.4. The van der Waals surface area contributed by atoms with Crippen LogP contribution < -0.4 is 25.0 Å². The number of thiazole rings is 1. The van der Waals surface area contributed by atoms with Crippen molar-refractivity contribution < 1.29 is 28.5 Å². The van der Waals surface area contributed by atoms with Crippen molar-refractivity contribution in [1.82, 2.24) is 15.3 Å². The number of rotatable bonds is 10. The number of aromatic nitrogens is 2. The summed E-state index contributed by atoms with van der Waals surface area (Å²) in [5.74, 6) is 0.350. The van der Waals surface area contributed by atoms with E-state index >= 15 is 0 Å². The number of fused-ring (bicyclic) bond motifs is 3. The third-order valence-electron chi connectivity index (χ3n) is 6.69. The fraction of sp³-hybridized carbons (Fsp3) is 0.385. The van der Waals surface area contributed by atoms with Crippen LogP contribution in [0.1, 0.15) is 33.6 Å². The van der Waals surface area contributed by atoms with Gasteiger partial charge in [0.25, 0.3) is 11.8 Å². The lowest BCUT2D eigenvalue weighted by Gasteiger charge is -2.52. The van der Waals surface area contributed by atoms with E-state index in [-0.39, 0.29) is 17.1 Å². The lowest BCUT2D eigenvalue weighted by Crippen LogP contribution is -2.64. The van der Waals surface area contributed by atoms with Crippen molar-refractivity contribution in [3.63, 3.8) is 0 Å². The van der Waals surface area contributed by atoms with Crippen LogP contribution in [-0.4, -0.2) is 75.0 Å². The predicted molar refractivity (Wildman–Crippen MR) is 144 cm³/mol. The number of anilines is 2. The third kappa shape index (κ3) is 4.84. The van der Waals surface area contributed by atoms with Gasteiger partial charge >= 0.3 is 0 Å². The molecular formula is C26H29N5O6S.